The molecule has 5 nitrogen and oxygen atoms in total. The molecule has 1 saturated heterocycles. The van der Waals surface area contributed by atoms with E-state index in [0.717, 1.165) is 20.5 Å². The molecule has 2 amide bonds. The Morgan fingerprint density at radius 2 is 1.92 bits per heavy atom. The molecule has 2 aromatic rings. The second kappa shape index (κ2) is 5.86. The van der Waals surface area contributed by atoms with E-state index in [-0.39, 0.29) is 17.9 Å². The predicted octanol–water partition coefficient (Wildman–Crippen LogP) is 2.48. The summed E-state index contributed by atoms with van der Waals surface area (Å²) < 4.78 is 1.11. The van der Waals surface area contributed by atoms with Crippen molar-refractivity contribution in [1.29, 1.82) is 0 Å². The van der Waals surface area contributed by atoms with Gasteiger partial charge in [-0.1, -0.05) is 18.2 Å². The van der Waals surface area contributed by atoms with Crippen molar-refractivity contribution in [3.63, 3.8) is 0 Å². The quantitative estimate of drug-likeness (QED) is 0.638. The van der Waals surface area contributed by atoms with E-state index in [1.54, 1.807) is 0 Å². The number of nitrogens with one attached hydrogen (secondary N) is 3. The van der Waals surface area contributed by atoms with Gasteiger partial charge in [0.25, 0.3) is 0 Å². The molecule has 0 bridgehead atoms. The number of rotatable bonds is 2. The summed E-state index contributed by atoms with van der Waals surface area (Å²) >= 11 is 2.22. The summed E-state index contributed by atoms with van der Waals surface area (Å²) in [5.74, 6) is -0.133. The maximum Gasteiger partial charge on any atom is 0.241 e. The minimum atomic E-state index is -0.648. The van der Waals surface area contributed by atoms with Gasteiger partial charge < -0.3 is 16.0 Å². The number of carbonyl (C=O) groups excluding carboxylic acids is 2. The van der Waals surface area contributed by atoms with Gasteiger partial charge in [0.05, 0.1) is 11.5 Å². The Kier molecular flexibility index (Phi) is 3.80. The van der Waals surface area contributed by atoms with Gasteiger partial charge in [-0.2, -0.15) is 0 Å². The van der Waals surface area contributed by atoms with E-state index >= 15 is 0 Å². The second-order valence-electron chi connectivity index (χ2n) is 6.22. The minimum absolute atomic E-state index is 0.0271. The molecule has 122 valence electrons. The molecule has 2 atom stereocenters. The lowest BCUT2D eigenvalue weighted by molar-refractivity contribution is -0.120. The molecule has 2 aliphatic heterocycles. The fourth-order valence-electron chi connectivity index (χ4n) is 3.49. The molecular weight excluding hydrogens is 417 g/mol. The summed E-state index contributed by atoms with van der Waals surface area (Å²) in [6, 6.07) is 15.0. The highest BCUT2D eigenvalue weighted by Crippen LogP contribution is 2.43. The standard InChI is InChI=1S/C18H16IN3O2/c19-11-5-7-12(8-6-11)21-16(23)15-9-18(10-20-15)13-3-1-2-4-14(13)22-17(18)24/h1-8,15,20H,9-10H2,(H,21,23)(H,22,24). The SMILES string of the molecule is O=C(Nc1ccc(I)cc1)C1CC2(CN1)C(=O)Nc1ccccc12. The number of amides is 2. The number of carbonyl (C=O) groups is 2. The molecule has 4 rings (SSSR count). The number of benzene rings is 2. The van der Waals surface area contributed by atoms with Gasteiger partial charge in [-0.15, -0.1) is 0 Å². The Labute approximate surface area is 153 Å². The van der Waals surface area contributed by atoms with Crippen LogP contribution in [0.25, 0.3) is 0 Å². The summed E-state index contributed by atoms with van der Waals surface area (Å²) in [5.41, 5.74) is 1.94. The van der Waals surface area contributed by atoms with Crippen LogP contribution in [0.5, 0.6) is 0 Å². The van der Waals surface area contributed by atoms with Crippen molar-refractivity contribution in [1.82, 2.24) is 5.32 Å². The normalized spacial score (nSPS) is 24.7. The third-order valence-corrected chi connectivity index (χ3v) is 5.48. The zero-order valence-electron chi connectivity index (χ0n) is 12.8. The maximum absolute atomic E-state index is 12.6. The topological polar surface area (TPSA) is 70.2 Å². The number of halogens is 1. The van der Waals surface area contributed by atoms with Crippen molar-refractivity contribution in [2.24, 2.45) is 0 Å². The number of anilines is 2. The van der Waals surface area contributed by atoms with Crippen LogP contribution in [0.1, 0.15) is 12.0 Å². The first-order valence-corrected chi connectivity index (χ1v) is 8.87. The highest BCUT2D eigenvalue weighted by molar-refractivity contribution is 14.1. The molecule has 0 aromatic heterocycles. The van der Waals surface area contributed by atoms with E-state index in [9.17, 15) is 9.59 Å². The number of fused-ring (bicyclic) bond motifs is 2. The molecule has 2 unspecified atom stereocenters. The molecule has 0 aliphatic carbocycles. The van der Waals surface area contributed by atoms with Crippen molar-refractivity contribution < 1.29 is 9.59 Å². The van der Waals surface area contributed by atoms with Crippen LogP contribution in [-0.4, -0.2) is 24.4 Å². The van der Waals surface area contributed by atoms with Crippen molar-refractivity contribution in [3.8, 4) is 0 Å². The van der Waals surface area contributed by atoms with E-state index in [0.29, 0.717) is 13.0 Å². The van der Waals surface area contributed by atoms with Gasteiger partial charge in [0.15, 0.2) is 0 Å². The first kappa shape index (κ1) is 15.6. The van der Waals surface area contributed by atoms with Crippen LogP contribution in [-0.2, 0) is 15.0 Å². The van der Waals surface area contributed by atoms with E-state index in [1.807, 2.05) is 48.5 Å². The van der Waals surface area contributed by atoms with E-state index in [1.165, 1.54) is 0 Å². The van der Waals surface area contributed by atoms with Gasteiger partial charge in [-0.3, -0.25) is 9.59 Å². The lowest BCUT2D eigenvalue weighted by Crippen LogP contribution is -2.36. The first-order valence-electron chi connectivity index (χ1n) is 7.79. The number of hydrogen-bond acceptors (Lipinski definition) is 3. The smallest absolute Gasteiger partial charge is 0.241 e. The average molecular weight is 433 g/mol. The first-order chi connectivity index (χ1) is 11.6. The zero-order valence-corrected chi connectivity index (χ0v) is 15.0. The van der Waals surface area contributed by atoms with Crippen LogP contribution >= 0.6 is 22.6 Å². The van der Waals surface area contributed by atoms with Crippen LogP contribution in [0.2, 0.25) is 0 Å². The van der Waals surface area contributed by atoms with Gasteiger partial charge in [0, 0.05) is 21.5 Å². The third-order valence-electron chi connectivity index (χ3n) is 4.76. The molecule has 3 N–H and O–H groups in total. The van der Waals surface area contributed by atoms with Gasteiger partial charge >= 0.3 is 0 Å². The Hall–Kier alpha value is -1.93. The second-order valence-corrected chi connectivity index (χ2v) is 7.46. The van der Waals surface area contributed by atoms with Crippen LogP contribution in [0.3, 0.4) is 0 Å². The Morgan fingerprint density at radius 1 is 1.17 bits per heavy atom. The fourth-order valence-corrected chi connectivity index (χ4v) is 3.85. The molecule has 1 spiro atoms. The number of para-hydroxylation sites is 1. The maximum atomic E-state index is 12.6. The zero-order chi connectivity index (χ0) is 16.7. The monoisotopic (exact) mass is 433 g/mol. The molecular formula is C18H16IN3O2. The summed E-state index contributed by atoms with van der Waals surface area (Å²) in [7, 11) is 0. The largest absolute Gasteiger partial charge is 0.325 e. The predicted molar refractivity (Wildman–Crippen MR) is 101 cm³/mol. The molecule has 2 heterocycles. The minimum Gasteiger partial charge on any atom is -0.325 e. The van der Waals surface area contributed by atoms with E-state index in [2.05, 4.69) is 38.5 Å². The Balaban J connectivity index is 1.53. The molecule has 0 radical (unpaired) electrons. The lowest BCUT2D eigenvalue weighted by atomic mass is 9.79. The third kappa shape index (κ3) is 2.50. The fraction of sp³-hybridized carbons (Fsp3) is 0.222. The average Bonchev–Trinajstić information content (AvgIpc) is 3.14. The van der Waals surface area contributed by atoms with E-state index < -0.39 is 5.41 Å². The van der Waals surface area contributed by atoms with Crippen molar-refractivity contribution >= 4 is 45.8 Å². The van der Waals surface area contributed by atoms with Crippen molar-refractivity contribution in [3.05, 3.63) is 57.7 Å². The Morgan fingerprint density at radius 3 is 2.71 bits per heavy atom. The summed E-state index contributed by atoms with van der Waals surface area (Å²) in [4.78, 5) is 25.1. The van der Waals surface area contributed by atoms with Crippen LogP contribution < -0.4 is 16.0 Å². The summed E-state index contributed by atoms with van der Waals surface area (Å²) in [5, 5.41) is 9.07. The summed E-state index contributed by atoms with van der Waals surface area (Å²) in [6.07, 6.45) is 0.464. The summed E-state index contributed by atoms with van der Waals surface area (Å²) in [6.45, 7) is 0.473. The van der Waals surface area contributed by atoms with Gasteiger partial charge in [0.1, 0.15) is 0 Å². The molecule has 6 heteroatoms. The van der Waals surface area contributed by atoms with Crippen LogP contribution in [0, 0.1) is 3.57 Å². The molecule has 1 fully saturated rings. The molecule has 0 saturated carbocycles. The van der Waals surface area contributed by atoms with Crippen molar-refractivity contribution in [2.75, 3.05) is 17.2 Å². The number of hydrogen-bond donors (Lipinski definition) is 3. The molecule has 24 heavy (non-hydrogen) atoms. The van der Waals surface area contributed by atoms with Gasteiger partial charge in [-0.05, 0) is 64.9 Å². The van der Waals surface area contributed by atoms with Crippen LogP contribution in [0.15, 0.2) is 48.5 Å². The van der Waals surface area contributed by atoms with Crippen molar-refractivity contribution in [2.45, 2.75) is 17.9 Å². The Bertz CT molecular complexity index is 821. The van der Waals surface area contributed by atoms with Crippen LogP contribution in [0.4, 0.5) is 11.4 Å². The highest BCUT2D eigenvalue weighted by Gasteiger charge is 2.52. The molecule has 2 aliphatic rings. The van der Waals surface area contributed by atoms with E-state index in [4.69, 9.17) is 0 Å². The van der Waals surface area contributed by atoms with Gasteiger partial charge in [-0.25, -0.2) is 0 Å². The van der Waals surface area contributed by atoms with Gasteiger partial charge in [0.2, 0.25) is 11.8 Å². The molecule has 2 aromatic carbocycles. The highest BCUT2D eigenvalue weighted by atomic mass is 127. The lowest BCUT2D eigenvalue weighted by Gasteiger charge is -2.20.